The van der Waals surface area contributed by atoms with E-state index in [-0.39, 0.29) is 5.82 Å². The molecule has 0 aromatic heterocycles. The van der Waals surface area contributed by atoms with Crippen LogP contribution in [0.4, 0.5) is 4.39 Å². The van der Waals surface area contributed by atoms with E-state index in [0.717, 1.165) is 0 Å². The molecule has 1 unspecified atom stereocenters. The van der Waals surface area contributed by atoms with Crippen LogP contribution in [0, 0.1) is 5.82 Å². The average Bonchev–Trinajstić information content (AvgIpc) is 2.31. The van der Waals surface area contributed by atoms with Gasteiger partial charge in [-0.05, 0) is 41.5 Å². The molecule has 4 heteroatoms. The molecule has 2 rings (SSSR count). The minimum absolute atomic E-state index is 0.323. The van der Waals surface area contributed by atoms with Gasteiger partial charge < -0.3 is 5.73 Å². The van der Waals surface area contributed by atoms with Crippen molar-refractivity contribution in [3.05, 3.63) is 69.5 Å². The van der Waals surface area contributed by atoms with Crippen molar-refractivity contribution in [3.8, 4) is 0 Å². The van der Waals surface area contributed by atoms with E-state index in [4.69, 9.17) is 28.9 Å². The smallest absolute Gasteiger partial charge is 0.123 e. The van der Waals surface area contributed by atoms with Crippen molar-refractivity contribution in [1.29, 1.82) is 0 Å². The van der Waals surface area contributed by atoms with Crippen LogP contribution in [0.25, 0.3) is 0 Å². The highest BCUT2D eigenvalue weighted by atomic mass is 35.5. The first-order valence-corrected chi connectivity index (χ1v) is 5.79. The van der Waals surface area contributed by atoms with E-state index in [1.807, 2.05) is 0 Å². The topological polar surface area (TPSA) is 26.0 Å². The quantitative estimate of drug-likeness (QED) is 0.870. The standard InChI is InChI=1S/C13H10Cl2FN/c14-9-4-5-12(15)11(7-9)13(17)8-2-1-3-10(16)6-8/h1-7,13H,17H2. The maximum Gasteiger partial charge on any atom is 0.123 e. The molecule has 0 aliphatic heterocycles. The third-order valence-electron chi connectivity index (χ3n) is 2.50. The van der Waals surface area contributed by atoms with Crippen LogP contribution in [0.5, 0.6) is 0 Å². The Morgan fingerprint density at radius 3 is 2.53 bits per heavy atom. The number of hydrogen-bond donors (Lipinski definition) is 1. The molecule has 0 bridgehead atoms. The first-order chi connectivity index (χ1) is 8.08. The SMILES string of the molecule is NC(c1cccc(F)c1)c1cc(Cl)ccc1Cl. The molecule has 0 aliphatic carbocycles. The van der Waals surface area contributed by atoms with Gasteiger partial charge in [-0.3, -0.25) is 0 Å². The molecule has 2 aromatic rings. The third-order valence-corrected chi connectivity index (χ3v) is 3.08. The van der Waals surface area contributed by atoms with Gasteiger partial charge in [0.05, 0.1) is 6.04 Å². The lowest BCUT2D eigenvalue weighted by atomic mass is 9.99. The van der Waals surface area contributed by atoms with E-state index in [9.17, 15) is 4.39 Å². The summed E-state index contributed by atoms with van der Waals surface area (Å²) in [7, 11) is 0. The molecular weight excluding hydrogens is 260 g/mol. The monoisotopic (exact) mass is 269 g/mol. The zero-order valence-corrected chi connectivity index (χ0v) is 10.3. The van der Waals surface area contributed by atoms with Crippen LogP contribution in [0.1, 0.15) is 17.2 Å². The van der Waals surface area contributed by atoms with Crippen LogP contribution in [0.2, 0.25) is 10.0 Å². The Hall–Kier alpha value is -1.09. The van der Waals surface area contributed by atoms with Crippen molar-refractivity contribution in [1.82, 2.24) is 0 Å². The zero-order valence-electron chi connectivity index (χ0n) is 8.83. The predicted molar refractivity (Wildman–Crippen MR) is 68.9 cm³/mol. The lowest BCUT2D eigenvalue weighted by Gasteiger charge is -2.14. The molecule has 0 aliphatic rings. The highest BCUT2D eigenvalue weighted by molar-refractivity contribution is 6.33. The number of hydrogen-bond acceptors (Lipinski definition) is 1. The summed E-state index contributed by atoms with van der Waals surface area (Å²) in [5.41, 5.74) is 7.39. The molecule has 0 saturated carbocycles. The molecular formula is C13H10Cl2FN. The molecule has 0 radical (unpaired) electrons. The molecule has 17 heavy (non-hydrogen) atoms. The fourth-order valence-corrected chi connectivity index (χ4v) is 2.05. The van der Waals surface area contributed by atoms with Gasteiger partial charge in [-0.15, -0.1) is 0 Å². The average molecular weight is 270 g/mol. The summed E-state index contributed by atoms with van der Waals surface area (Å²) in [6.45, 7) is 0. The van der Waals surface area contributed by atoms with Crippen LogP contribution in [0.15, 0.2) is 42.5 Å². The van der Waals surface area contributed by atoms with Gasteiger partial charge in [0.15, 0.2) is 0 Å². The Balaban J connectivity index is 2.43. The van der Waals surface area contributed by atoms with E-state index < -0.39 is 6.04 Å². The van der Waals surface area contributed by atoms with E-state index in [0.29, 0.717) is 21.2 Å². The molecule has 1 atom stereocenters. The molecule has 0 fully saturated rings. The first-order valence-electron chi connectivity index (χ1n) is 5.04. The summed E-state index contributed by atoms with van der Waals surface area (Å²) >= 11 is 11.9. The van der Waals surface area contributed by atoms with Gasteiger partial charge in [0.1, 0.15) is 5.82 Å². The van der Waals surface area contributed by atoms with Crippen molar-refractivity contribution in [2.24, 2.45) is 5.73 Å². The number of nitrogens with two attached hydrogens (primary N) is 1. The van der Waals surface area contributed by atoms with E-state index in [2.05, 4.69) is 0 Å². The van der Waals surface area contributed by atoms with Crippen LogP contribution < -0.4 is 5.73 Å². The predicted octanol–water partition coefficient (Wildman–Crippen LogP) is 4.18. The van der Waals surface area contributed by atoms with Crippen molar-refractivity contribution in [2.75, 3.05) is 0 Å². The summed E-state index contributed by atoms with van der Waals surface area (Å²) in [4.78, 5) is 0. The molecule has 0 saturated heterocycles. The van der Waals surface area contributed by atoms with Gasteiger partial charge >= 0.3 is 0 Å². The maximum absolute atomic E-state index is 13.1. The fourth-order valence-electron chi connectivity index (χ4n) is 1.63. The summed E-state index contributed by atoms with van der Waals surface area (Å²) in [5, 5.41) is 1.07. The normalized spacial score (nSPS) is 12.5. The maximum atomic E-state index is 13.1. The minimum Gasteiger partial charge on any atom is -0.320 e. The highest BCUT2D eigenvalue weighted by Crippen LogP contribution is 2.29. The fraction of sp³-hybridized carbons (Fsp3) is 0.0769. The summed E-state index contributed by atoms with van der Waals surface area (Å²) in [6.07, 6.45) is 0. The lowest BCUT2D eigenvalue weighted by molar-refractivity contribution is 0.623. The van der Waals surface area contributed by atoms with Gasteiger partial charge in [-0.1, -0.05) is 35.3 Å². The van der Waals surface area contributed by atoms with Crippen molar-refractivity contribution in [2.45, 2.75) is 6.04 Å². The lowest BCUT2D eigenvalue weighted by Crippen LogP contribution is -2.12. The van der Waals surface area contributed by atoms with Crippen molar-refractivity contribution >= 4 is 23.2 Å². The second kappa shape index (κ2) is 5.05. The Kier molecular flexibility index (Phi) is 3.67. The van der Waals surface area contributed by atoms with Crippen molar-refractivity contribution < 1.29 is 4.39 Å². The van der Waals surface area contributed by atoms with Gasteiger partial charge in [0.2, 0.25) is 0 Å². The molecule has 2 N–H and O–H groups in total. The van der Waals surface area contributed by atoms with Crippen LogP contribution in [-0.4, -0.2) is 0 Å². The Morgan fingerprint density at radius 1 is 1.06 bits per heavy atom. The number of halogens is 3. The molecule has 1 nitrogen and oxygen atoms in total. The Bertz CT molecular complexity index is 543. The van der Waals surface area contributed by atoms with Gasteiger partial charge in [-0.2, -0.15) is 0 Å². The van der Waals surface area contributed by atoms with Gasteiger partial charge in [0, 0.05) is 10.0 Å². The molecule has 88 valence electrons. The number of benzene rings is 2. The van der Waals surface area contributed by atoms with E-state index in [1.54, 1.807) is 30.3 Å². The highest BCUT2D eigenvalue weighted by Gasteiger charge is 2.13. The third kappa shape index (κ3) is 2.78. The minimum atomic E-state index is -0.489. The van der Waals surface area contributed by atoms with Crippen LogP contribution in [0.3, 0.4) is 0 Å². The summed E-state index contributed by atoms with van der Waals surface area (Å²) in [6, 6.07) is 10.7. The van der Waals surface area contributed by atoms with Gasteiger partial charge in [-0.25, -0.2) is 4.39 Å². The largest absolute Gasteiger partial charge is 0.320 e. The van der Waals surface area contributed by atoms with Crippen molar-refractivity contribution in [3.63, 3.8) is 0 Å². The number of rotatable bonds is 2. The van der Waals surface area contributed by atoms with Gasteiger partial charge in [0.25, 0.3) is 0 Å². The van der Waals surface area contributed by atoms with Crippen LogP contribution >= 0.6 is 23.2 Å². The molecule has 0 amide bonds. The van der Waals surface area contributed by atoms with E-state index >= 15 is 0 Å². The first kappa shape index (κ1) is 12.4. The molecule has 2 aromatic carbocycles. The zero-order chi connectivity index (χ0) is 12.4. The van der Waals surface area contributed by atoms with E-state index in [1.165, 1.54) is 12.1 Å². The second-order valence-electron chi connectivity index (χ2n) is 3.70. The second-order valence-corrected chi connectivity index (χ2v) is 4.54. The van der Waals surface area contributed by atoms with Crippen LogP contribution in [-0.2, 0) is 0 Å². The Labute approximate surface area is 109 Å². The Morgan fingerprint density at radius 2 is 1.82 bits per heavy atom. The molecule has 0 spiro atoms. The summed E-state index contributed by atoms with van der Waals surface area (Å²) < 4.78 is 13.1. The summed E-state index contributed by atoms with van der Waals surface area (Å²) in [5.74, 6) is -0.323. The molecule has 0 heterocycles.